The summed E-state index contributed by atoms with van der Waals surface area (Å²) in [5, 5.41) is 54.8. The van der Waals surface area contributed by atoms with Crippen LogP contribution in [-0.4, -0.2) is 87.5 Å². The summed E-state index contributed by atoms with van der Waals surface area (Å²) >= 11 is 0. The minimum Gasteiger partial charge on any atom is -0.394 e. The molecule has 0 saturated carbocycles. The third kappa shape index (κ3) is 41.6. The van der Waals surface area contributed by atoms with E-state index in [4.69, 9.17) is 9.47 Å². The molecule has 1 aliphatic heterocycles. The average molecular weight is 1010 g/mol. The summed E-state index contributed by atoms with van der Waals surface area (Å²) in [5.41, 5.74) is 0. The lowest BCUT2D eigenvalue weighted by molar-refractivity contribution is -0.302. The van der Waals surface area contributed by atoms with Gasteiger partial charge < -0.3 is 40.3 Å². The number of aliphatic hydroxyl groups is 5. The lowest BCUT2D eigenvalue weighted by atomic mass is 9.99. The van der Waals surface area contributed by atoms with E-state index in [1.54, 1.807) is 0 Å². The van der Waals surface area contributed by atoms with Gasteiger partial charge in [0.15, 0.2) is 6.29 Å². The zero-order valence-electron chi connectivity index (χ0n) is 46.8. The second kappa shape index (κ2) is 52.1. The fourth-order valence-electron chi connectivity index (χ4n) is 10.1. The molecule has 420 valence electrons. The molecule has 0 radical (unpaired) electrons. The van der Waals surface area contributed by atoms with E-state index in [2.05, 4.69) is 43.5 Å². The van der Waals surface area contributed by atoms with Crippen LogP contribution in [0.5, 0.6) is 0 Å². The van der Waals surface area contributed by atoms with Crippen molar-refractivity contribution in [2.24, 2.45) is 0 Å². The molecule has 0 aromatic carbocycles. The monoisotopic (exact) mass is 1010 g/mol. The van der Waals surface area contributed by atoms with Gasteiger partial charge in [0.2, 0.25) is 5.91 Å². The highest BCUT2D eigenvalue weighted by Crippen LogP contribution is 2.23. The predicted molar refractivity (Wildman–Crippen MR) is 300 cm³/mol. The molecule has 0 aromatic rings. The number of allylic oxidation sites excluding steroid dienone is 4. The van der Waals surface area contributed by atoms with E-state index in [1.807, 2.05) is 0 Å². The molecule has 9 nitrogen and oxygen atoms in total. The van der Waals surface area contributed by atoms with Crippen LogP contribution in [0, 0.1) is 0 Å². The molecule has 71 heavy (non-hydrogen) atoms. The van der Waals surface area contributed by atoms with E-state index in [0.29, 0.717) is 12.8 Å². The van der Waals surface area contributed by atoms with Crippen LogP contribution in [0.3, 0.4) is 0 Å². The Kier molecular flexibility index (Phi) is 49.7. The summed E-state index contributed by atoms with van der Waals surface area (Å²) in [7, 11) is 0. The zero-order chi connectivity index (χ0) is 51.5. The first-order valence-electron chi connectivity index (χ1n) is 31.0. The maximum Gasteiger partial charge on any atom is 0.220 e. The van der Waals surface area contributed by atoms with Crippen LogP contribution in [0.1, 0.15) is 309 Å². The number of ether oxygens (including phenoxy) is 2. The molecule has 0 aromatic heterocycles. The molecule has 1 rings (SSSR count). The van der Waals surface area contributed by atoms with Gasteiger partial charge in [-0.15, -0.1) is 0 Å². The topological polar surface area (TPSA) is 149 Å². The minimum absolute atomic E-state index is 0.137. The molecule has 1 aliphatic rings. The van der Waals surface area contributed by atoms with Crippen molar-refractivity contribution in [2.75, 3.05) is 13.2 Å². The number of hydrogen-bond acceptors (Lipinski definition) is 8. The quantitative estimate of drug-likeness (QED) is 0.0261. The van der Waals surface area contributed by atoms with Crippen LogP contribution in [0.15, 0.2) is 24.3 Å². The molecule has 7 unspecified atom stereocenters. The Labute approximate surface area is 439 Å². The molecular weight excluding hydrogens is 887 g/mol. The molecule has 6 N–H and O–H groups in total. The first-order chi connectivity index (χ1) is 34.8. The summed E-state index contributed by atoms with van der Waals surface area (Å²) in [5.74, 6) is -0.144. The number of carbonyl (C=O) groups excluding carboxylic acids is 1. The predicted octanol–water partition coefficient (Wildman–Crippen LogP) is 15.7. The van der Waals surface area contributed by atoms with Gasteiger partial charge in [0, 0.05) is 6.42 Å². The van der Waals surface area contributed by atoms with Gasteiger partial charge in [0.25, 0.3) is 0 Å². The van der Waals surface area contributed by atoms with Crippen molar-refractivity contribution in [1.29, 1.82) is 0 Å². The molecule has 1 fully saturated rings. The van der Waals surface area contributed by atoms with E-state index in [9.17, 15) is 30.3 Å². The van der Waals surface area contributed by atoms with Gasteiger partial charge in [-0.1, -0.05) is 282 Å². The second-order valence-corrected chi connectivity index (χ2v) is 21.9. The maximum absolute atomic E-state index is 13.1. The number of hydrogen-bond donors (Lipinski definition) is 6. The van der Waals surface area contributed by atoms with Crippen LogP contribution in [0.4, 0.5) is 0 Å². The summed E-state index contributed by atoms with van der Waals surface area (Å²) in [6.45, 7) is 3.85. The zero-order valence-corrected chi connectivity index (χ0v) is 46.8. The fourth-order valence-corrected chi connectivity index (χ4v) is 10.1. The van der Waals surface area contributed by atoms with Gasteiger partial charge in [0.1, 0.15) is 24.4 Å². The third-order valence-corrected chi connectivity index (χ3v) is 15.1. The van der Waals surface area contributed by atoms with Gasteiger partial charge in [-0.05, 0) is 44.9 Å². The van der Waals surface area contributed by atoms with Crippen molar-refractivity contribution in [3.63, 3.8) is 0 Å². The van der Waals surface area contributed by atoms with Crippen molar-refractivity contribution in [1.82, 2.24) is 5.32 Å². The fraction of sp³-hybridized carbons (Fsp3) is 0.919. The smallest absolute Gasteiger partial charge is 0.220 e. The summed E-state index contributed by atoms with van der Waals surface area (Å²) in [6, 6.07) is -0.721. The van der Waals surface area contributed by atoms with Crippen molar-refractivity contribution in [3.05, 3.63) is 24.3 Å². The Morgan fingerprint density at radius 1 is 0.479 bits per heavy atom. The highest BCUT2D eigenvalue weighted by molar-refractivity contribution is 5.76. The van der Waals surface area contributed by atoms with E-state index >= 15 is 0 Å². The highest BCUT2D eigenvalue weighted by Gasteiger charge is 2.44. The van der Waals surface area contributed by atoms with E-state index < -0.39 is 49.5 Å². The van der Waals surface area contributed by atoms with Crippen molar-refractivity contribution < 1.29 is 39.8 Å². The van der Waals surface area contributed by atoms with Crippen LogP contribution in [-0.2, 0) is 14.3 Å². The van der Waals surface area contributed by atoms with Crippen LogP contribution in [0.2, 0.25) is 0 Å². The molecule has 9 heteroatoms. The van der Waals surface area contributed by atoms with Crippen LogP contribution >= 0.6 is 0 Å². The van der Waals surface area contributed by atoms with Gasteiger partial charge in [0.05, 0.1) is 25.4 Å². The maximum atomic E-state index is 13.1. The Balaban J connectivity index is 2.15. The molecule has 0 spiro atoms. The molecule has 1 amide bonds. The van der Waals surface area contributed by atoms with Gasteiger partial charge in [-0.3, -0.25) is 4.79 Å². The minimum atomic E-state index is -1.55. The van der Waals surface area contributed by atoms with Gasteiger partial charge >= 0.3 is 0 Å². The van der Waals surface area contributed by atoms with Crippen molar-refractivity contribution in [2.45, 2.75) is 352 Å². The second-order valence-electron chi connectivity index (χ2n) is 21.9. The lowest BCUT2D eigenvalue weighted by Gasteiger charge is -2.40. The Morgan fingerprint density at radius 2 is 0.831 bits per heavy atom. The summed E-state index contributed by atoms with van der Waals surface area (Å²) < 4.78 is 11.3. The number of nitrogens with one attached hydrogen (secondary N) is 1. The largest absolute Gasteiger partial charge is 0.394 e. The average Bonchev–Trinajstić information content (AvgIpc) is 3.37. The lowest BCUT2D eigenvalue weighted by Crippen LogP contribution is -2.60. The van der Waals surface area contributed by atoms with Crippen molar-refractivity contribution >= 4 is 5.91 Å². The first-order valence-corrected chi connectivity index (χ1v) is 31.0. The molecule has 7 atom stereocenters. The van der Waals surface area contributed by atoms with E-state index in [1.165, 1.54) is 238 Å². The molecule has 0 bridgehead atoms. The number of aliphatic hydroxyl groups excluding tert-OH is 5. The third-order valence-electron chi connectivity index (χ3n) is 15.1. The van der Waals surface area contributed by atoms with Crippen molar-refractivity contribution in [3.8, 4) is 0 Å². The summed E-state index contributed by atoms with van der Waals surface area (Å²) in [4.78, 5) is 13.1. The Hall–Kier alpha value is -1.33. The molecule has 0 aliphatic carbocycles. The molecule has 1 saturated heterocycles. The first kappa shape index (κ1) is 67.7. The normalized spacial score (nSPS) is 19.3. The Morgan fingerprint density at radius 3 is 1.24 bits per heavy atom. The SMILES string of the molecule is CCCCC/C=C\C/C=C\CCCCCCCCCCCC(=O)NC(COC1OC(CO)C(O)C(O)C1O)C(O)CCCCCCCCCCCCCCCCCCCCCCCCCCCCCCC. The highest BCUT2D eigenvalue weighted by atomic mass is 16.7. The number of amides is 1. The van der Waals surface area contributed by atoms with E-state index in [0.717, 1.165) is 44.9 Å². The van der Waals surface area contributed by atoms with Crippen LogP contribution < -0.4 is 5.32 Å². The van der Waals surface area contributed by atoms with Crippen LogP contribution in [0.25, 0.3) is 0 Å². The number of carbonyl (C=O) groups is 1. The number of unbranched alkanes of at least 4 members (excludes halogenated alkanes) is 40. The molecule has 1 heterocycles. The van der Waals surface area contributed by atoms with E-state index in [-0.39, 0.29) is 12.5 Å². The van der Waals surface area contributed by atoms with Gasteiger partial charge in [-0.25, -0.2) is 0 Å². The molecular formula is C62H119NO8. The summed E-state index contributed by atoms with van der Waals surface area (Å²) in [6.07, 6.45) is 59.3. The number of rotatable bonds is 54. The van der Waals surface area contributed by atoms with Gasteiger partial charge in [-0.2, -0.15) is 0 Å². The standard InChI is InChI=1S/C62H119NO8/c1-3-5-7-9-11-13-15-17-19-21-23-24-25-26-27-28-29-30-31-32-34-35-37-39-41-43-45-47-49-51-56(65)55(54-70-62-61(69)60(68)59(67)57(53-64)71-62)63-58(66)52-50-48-46-44-42-40-38-36-33-22-20-18-16-14-12-10-8-6-4-2/h12,14,18,20,55-57,59-62,64-65,67-69H,3-11,13,15-17,19,21-54H2,1-2H3,(H,63,66)/b14-12-,20-18-. The Bertz CT molecular complexity index is 1170.